The van der Waals surface area contributed by atoms with Crippen LogP contribution in [0.3, 0.4) is 0 Å². The number of carbonyl (C=O) groups excluding carboxylic acids is 1. The Kier molecular flexibility index (Phi) is 1.53. The maximum atomic E-state index is 11.4. The quantitative estimate of drug-likeness (QED) is 0.566. The van der Waals surface area contributed by atoms with E-state index in [1.165, 1.54) is 12.8 Å². The molecule has 1 saturated heterocycles. The van der Waals surface area contributed by atoms with Gasteiger partial charge in [-0.3, -0.25) is 4.79 Å². The van der Waals surface area contributed by atoms with Crippen molar-refractivity contribution in [3.63, 3.8) is 0 Å². The van der Waals surface area contributed by atoms with E-state index in [4.69, 9.17) is 4.74 Å². The second-order valence-corrected chi connectivity index (χ2v) is 3.52. The Morgan fingerprint density at radius 2 is 2.45 bits per heavy atom. The lowest BCUT2D eigenvalue weighted by Gasteiger charge is -2.14. The topological polar surface area (TPSA) is 29.6 Å². The van der Waals surface area contributed by atoms with Crippen LogP contribution in [-0.4, -0.2) is 17.5 Å². The van der Waals surface area contributed by atoms with Crippen LogP contribution in [0.15, 0.2) is 0 Å². The first-order valence-electron chi connectivity index (χ1n) is 4.51. The molecule has 0 aromatic heterocycles. The highest BCUT2D eigenvalue weighted by atomic mass is 16.6. The van der Waals surface area contributed by atoms with Crippen LogP contribution in [0.25, 0.3) is 0 Å². The molecule has 62 valence electrons. The van der Waals surface area contributed by atoms with Gasteiger partial charge in [0.15, 0.2) is 11.4 Å². The highest BCUT2D eigenvalue weighted by molar-refractivity contribution is 5.90. The Morgan fingerprint density at radius 3 is 3.09 bits per heavy atom. The van der Waals surface area contributed by atoms with E-state index in [2.05, 4.69) is 0 Å². The second kappa shape index (κ2) is 2.31. The molecule has 2 aliphatic rings. The molecule has 0 amide bonds. The van der Waals surface area contributed by atoms with E-state index >= 15 is 0 Å². The average Bonchev–Trinajstić information content (AvgIpc) is 2.78. The molecule has 1 heterocycles. The molecule has 11 heavy (non-hydrogen) atoms. The van der Waals surface area contributed by atoms with Gasteiger partial charge in [-0.2, -0.15) is 0 Å². The van der Waals surface area contributed by atoms with E-state index < -0.39 is 0 Å². The van der Waals surface area contributed by atoms with Gasteiger partial charge >= 0.3 is 0 Å². The van der Waals surface area contributed by atoms with Crippen LogP contribution < -0.4 is 0 Å². The third-order valence-corrected chi connectivity index (χ3v) is 2.87. The van der Waals surface area contributed by atoms with Crippen LogP contribution in [-0.2, 0) is 9.53 Å². The Hall–Kier alpha value is -0.370. The van der Waals surface area contributed by atoms with Gasteiger partial charge in [-0.15, -0.1) is 0 Å². The third kappa shape index (κ3) is 0.924. The van der Waals surface area contributed by atoms with Crippen molar-refractivity contribution in [2.45, 2.75) is 50.7 Å². The number of rotatable bonds is 2. The van der Waals surface area contributed by atoms with E-state index in [1.54, 1.807) is 0 Å². The number of Topliss-reactive ketones (excluding diaryl/α,β-unsaturated/α-hetero) is 1. The van der Waals surface area contributed by atoms with E-state index in [0.29, 0.717) is 18.3 Å². The van der Waals surface area contributed by atoms with Crippen molar-refractivity contribution in [3.05, 3.63) is 0 Å². The second-order valence-electron chi connectivity index (χ2n) is 3.52. The number of epoxide rings is 1. The lowest BCUT2D eigenvalue weighted by Crippen LogP contribution is -2.29. The molecule has 0 radical (unpaired) electrons. The number of ketones is 1. The summed E-state index contributed by atoms with van der Waals surface area (Å²) in [5, 5.41) is 0. The minimum Gasteiger partial charge on any atom is -0.358 e. The predicted octanol–water partition coefficient (Wildman–Crippen LogP) is 1.68. The smallest absolute Gasteiger partial charge is 0.167 e. The summed E-state index contributed by atoms with van der Waals surface area (Å²) >= 11 is 0. The van der Waals surface area contributed by atoms with Crippen molar-refractivity contribution in [1.82, 2.24) is 0 Å². The first kappa shape index (κ1) is 7.29. The van der Waals surface area contributed by atoms with Gasteiger partial charge in [-0.25, -0.2) is 0 Å². The zero-order valence-corrected chi connectivity index (χ0v) is 6.93. The summed E-state index contributed by atoms with van der Waals surface area (Å²) in [6.45, 7) is 1.92. The summed E-state index contributed by atoms with van der Waals surface area (Å²) < 4.78 is 5.47. The fraction of sp³-hybridized carbons (Fsp3) is 0.889. The summed E-state index contributed by atoms with van der Waals surface area (Å²) in [6.07, 6.45) is 5.42. The fourth-order valence-corrected chi connectivity index (χ4v) is 2.13. The lowest BCUT2D eigenvalue weighted by atomic mass is 9.85. The van der Waals surface area contributed by atoms with Gasteiger partial charge in [0.05, 0.1) is 6.10 Å². The number of fused-ring (bicyclic) bond motifs is 1. The van der Waals surface area contributed by atoms with E-state index in [1.807, 2.05) is 6.92 Å². The molecule has 2 fully saturated rings. The normalized spacial score (nSPS) is 41.4. The summed E-state index contributed by atoms with van der Waals surface area (Å²) in [4.78, 5) is 11.4. The molecule has 0 bridgehead atoms. The van der Waals surface area contributed by atoms with Crippen molar-refractivity contribution in [2.24, 2.45) is 0 Å². The molecular formula is C9H14O2. The van der Waals surface area contributed by atoms with Crippen LogP contribution in [0.4, 0.5) is 0 Å². The fourth-order valence-electron chi connectivity index (χ4n) is 2.13. The molecule has 0 aromatic carbocycles. The van der Waals surface area contributed by atoms with E-state index in [0.717, 1.165) is 12.8 Å². The third-order valence-electron chi connectivity index (χ3n) is 2.87. The molecule has 1 saturated carbocycles. The monoisotopic (exact) mass is 154 g/mol. The molecule has 2 rings (SSSR count). The van der Waals surface area contributed by atoms with Gasteiger partial charge in [0.1, 0.15) is 0 Å². The number of carbonyl (C=O) groups is 1. The van der Waals surface area contributed by atoms with Crippen molar-refractivity contribution in [1.29, 1.82) is 0 Å². The molecule has 0 spiro atoms. The minimum atomic E-state index is -0.285. The maximum absolute atomic E-state index is 11.4. The number of ether oxygens (including phenoxy) is 1. The predicted molar refractivity (Wildman–Crippen MR) is 41.4 cm³/mol. The molecule has 2 unspecified atom stereocenters. The van der Waals surface area contributed by atoms with Gasteiger partial charge in [-0.1, -0.05) is 13.3 Å². The zero-order valence-electron chi connectivity index (χ0n) is 6.93. The Balaban J connectivity index is 2.07. The van der Waals surface area contributed by atoms with Crippen molar-refractivity contribution in [2.75, 3.05) is 0 Å². The Morgan fingerprint density at radius 1 is 1.64 bits per heavy atom. The molecule has 0 aromatic rings. The zero-order chi connectivity index (χ0) is 7.90. The molecular weight excluding hydrogens is 140 g/mol. The lowest BCUT2D eigenvalue weighted by molar-refractivity contribution is -0.124. The van der Waals surface area contributed by atoms with Crippen LogP contribution in [0.5, 0.6) is 0 Å². The van der Waals surface area contributed by atoms with Crippen LogP contribution >= 0.6 is 0 Å². The van der Waals surface area contributed by atoms with Crippen molar-refractivity contribution < 1.29 is 9.53 Å². The molecule has 0 N–H and O–H groups in total. The SMILES string of the molecule is CCC(=O)C12CCCCC1O2. The summed E-state index contributed by atoms with van der Waals surface area (Å²) in [7, 11) is 0. The van der Waals surface area contributed by atoms with Crippen LogP contribution in [0, 0.1) is 0 Å². The number of hydrogen-bond acceptors (Lipinski definition) is 2. The van der Waals surface area contributed by atoms with Gasteiger partial charge in [0.2, 0.25) is 0 Å². The van der Waals surface area contributed by atoms with Gasteiger partial charge in [0, 0.05) is 6.42 Å². The minimum absolute atomic E-state index is 0.285. The van der Waals surface area contributed by atoms with E-state index in [9.17, 15) is 4.79 Å². The Bertz CT molecular complexity index is 188. The molecule has 2 heteroatoms. The van der Waals surface area contributed by atoms with Gasteiger partial charge in [0.25, 0.3) is 0 Å². The highest BCUT2D eigenvalue weighted by Crippen LogP contribution is 2.48. The molecule has 2 atom stereocenters. The standard InChI is InChI=1S/C9H14O2/c1-2-7(10)9-6-4-3-5-8(9)11-9/h8H,2-6H2,1H3. The van der Waals surface area contributed by atoms with Crippen molar-refractivity contribution in [3.8, 4) is 0 Å². The van der Waals surface area contributed by atoms with Crippen LogP contribution in [0.2, 0.25) is 0 Å². The van der Waals surface area contributed by atoms with Gasteiger partial charge < -0.3 is 4.74 Å². The number of hydrogen-bond donors (Lipinski definition) is 0. The highest BCUT2D eigenvalue weighted by Gasteiger charge is 2.61. The summed E-state index contributed by atoms with van der Waals surface area (Å²) in [5.41, 5.74) is -0.285. The van der Waals surface area contributed by atoms with Crippen molar-refractivity contribution >= 4 is 5.78 Å². The maximum Gasteiger partial charge on any atom is 0.167 e. The molecule has 1 aliphatic heterocycles. The average molecular weight is 154 g/mol. The summed E-state index contributed by atoms with van der Waals surface area (Å²) in [5.74, 6) is 0.321. The van der Waals surface area contributed by atoms with Crippen LogP contribution in [0.1, 0.15) is 39.0 Å². The molecule has 2 nitrogen and oxygen atoms in total. The first-order valence-corrected chi connectivity index (χ1v) is 4.51. The van der Waals surface area contributed by atoms with Gasteiger partial charge in [-0.05, 0) is 19.3 Å². The van der Waals surface area contributed by atoms with E-state index in [-0.39, 0.29) is 5.60 Å². The summed E-state index contributed by atoms with van der Waals surface area (Å²) in [6, 6.07) is 0. The largest absolute Gasteiger partial charge is 0.358 e. The first-order chi connectivity index (χ1) is 5.29. The molecule has 1 aliphatic carbocycles. The Labute approximate surface area is 66.9 Å².